The third-order valence-corrected chi connectivity index (χ3v) is 2.96. The first-order valence-corrected chi connectivity index (χ1v) is 6.50. The topological polar surface area (TPSA) is 58.6 Å². The highest BCUT2D eigenvalue weighted by Gasteiger charge is 2.23. The Hall–Kier alpha value is -0.610. The molecule has 0 aliphatic heterocycles. The number of aliphatic hydroxyl groups is 1. The second-order valence-electron chi connectivity index (χ2n) is 5.78. The van der Waals surface area contributed by atoms with Crippen LogP contribution in [0.15, 0.2) is 0 Å². The highest BCUT2D eigenvalue weighted by atomic mass is 16.5. The van der Waals surface area contributed by atoms with Crippen molar-refractivity contribution in [3.8, 4) is 0 Å². The summed E-state index contributed by atoms with van der Waals surface area (Å²) < 4.78 is 5.41. The molecule has 1 amide bonds. The first-order valence-electron chi connectivity index (χ1n) is 6.50. The first kappa shape index (κ1) is 14.5. The van der Waals surface area contributed by atoms with Crippen LogP contribution in [-0.4, -0.2) is 35.4 Å². The van der Waals surface area contributed by atoms with E-state index >= 15 is 0 Å². The highest BCUT2D eigenvalue weighted by Crippen LogP contribution is 2.18. The fourth-order valence-corrected chi connectivity index (χ4v) is 1.99. The van der Waals surface area contributed by atoms with Gasteiger partial charge in [-0.2, -0.15) is 0 Å². The van der Waals surface area contributed by atoms with Crippen LogP contribution in [0.25, 0.3) is 0 Å². The third-order valence-electron chi connectivity index (χ3n) is 2.96. The van der Waals surface area contributed by atoms with E-state index in [0.717, 1.165) is 32.1 Å². The van der Waals surface area contributed by atoms with Gasteiger partial charge in [-0.1, -0.05) is 19.3 Å². The van der Waals surface area contributed by atoms with Gasteiger partial charge in [-0.3, -0.25) is 4.79 Å². The fraction of sp³-hybridized carbons (Fsp3) is 0.923. The van der Waals surface area contributed by atoms with E-state index in [-0.39, 0.29) is 24.2 Å². The SMILES string of the molecule is CC(C)(C)OCC(=O)NC1CCCCCC1O. The van der Waals surface area contributed by atoms with Crippen molar-refractivity contribution in [1.29, 1.82) is 0 Å². The van der Waals surface area contributed by atoms with Crippen LogP contribution >= 0.6 is 0 Å². The molecular formula is C13H25NO3. The molecule has 100 valence electrons. The molecule has 1 aliphatic rings. The molecule has 17 heavy (non-hydrogen) atoms. The fourth-order valence-electron chi connectivity index (χ4n) is 1.99. The number of hydrogen-bond acceptors (Lipinski definition) is 3. The zero-order chi connectivity index (χ0) is 12.9. The van der Waals surface area contributed by atoms with Crippen LogP contribution < -0.4 is 5.32 Å². The summed E-state index contributed by atoms with van der Waals surface area (Å²) in [5.41, 5.74) is -0.306. The van der Waals surface area contributed by atoms with Gasteiger partial charge in [-0.15, -0.1) is 0 Å². The molecule has 1 aliphatic carbocycles. The number of carbonyl (C=O) groups excluding carboxylic acids is 1. The summed E-state index contributed by atoms with van der Waals surface area (Å²) in [7, 11) is 0. The van der Waals surface area contributed by atoms with Crippen LogP contribution in [-0.2, 0) is 9.53 Å². The second kappa shape index (κ2) is 6.36. The summed E-state index contributed by atoms with van der Waals surface area (Å²) in [6.45, 7) is 5.81. The van der Waals surface area contributed by atoms with Crippen molar-refractivity contribution in [3.63, 3.8) is 0 Å². The van der Waals surface area contributed by atoms with E-state index in [1.165, 1.54) is 0 Å². The van der Waals surface area contributed by atoms with Gasteiger partial charge in [0.2, 0.25) is 5.91 Å². The maximum Gasteiger partial charge on any atom is 0.246 e. The van der Waals surface area contributed by atoms with Gasteiger partial charge in [0.25, 0.3) is 0 Å². The van der Waals surface area contributed by atoms with Gasteiger partial charge in [0, 0.05) is 0 Å². The molecular weight excluding hydrogens is 218 g/mol. The Balaban J connectivity index is 2.33. The standard InChI is InChI=1S/C13H25NO3/c1-13(2,3)17-9-12(16)14-10-7-5-4-6-8-11(10)15/h10-11,15H,4-9H2,1-3H3,(H,14,16). The first-order chi connectivity index (χ1) is 7.88. The molecule has 1 rings (SSSR count). The number of carbonyl (C=O) groups is 1. The molecule has 4 nitrogen and oxygen atoms in total. The number of amides is 1. The number of hydrogen-bond donors (Lipinski definition) is 2. The van der Waals surface area contributed by atoms with Gasteiger partial charge in [0.1, 0.15) is 6.61 Å². The van der Waals surface area contributed by atoms with Gasteiger partial charge < -0.3 is 15.2 Å². The van der Waals surface area contributed by atoms with Gasteiger partial charge in [-0.25, -0.2) is 0 Å². The lowest BCUT2D eigenvalue weighted by molar-refractivity contribution is -0.132. The minimum absolute atomic E-state index is 0.0622. The Morgan fingerprint density at radius 1 is 1.29 bits per heavy atom. The Morgan fingerprint density at radius 2 is 1.94 bits per heavy atom. The highest BCUT2D eigenvalue weighted by molar-refractivity contribution is 5.77. The summed E-state index contributed by atoms with van der Waals surface area (Å²) in [4.78, 5) is 11.7. The van der Waals surface area contributed by atoms with E-state index in [0.29, 0.717) is 0 Å². The van der Waals surface area contributed by atoms with Gasteiger partial charge in [0.15, 0.2) is 0 Å². The molecule has 2 atom stereocenters. The molecule has 0 aromatic heterocycles. The quantitative estimate of drug-likeness (QED) is 0.740. The molecule has 4 heteroatoms. The minimum Gasteiger partial charge on any atom is -0.391 e. The van der Waals surface area contributed by atoms with Crippen LogP contribution in [0, 0.1) is 0 Å². The number of rotatable bonds is 3. The smallest absolute Gasteiger partial charge is 0.246 e. The molecule has 2 unspecified atom stereocenters. The summed E-state index contributed by atoms with van der Waals surface area (Å²) in [6.07, 6.45) is 4.50. The van der Waals surface area contributed by atoms with Gasteiger partial charge in [-0.05, 0) is 33.6 Å². The van der Waals surface area contributed by atoms with Gasteiger partial charge >= 0.3 is 0 Å². The molecule has 1 fully saturated rings. The monoisotopic (exact) mass is 243 g/mol. The van der Waals surface area contributed by atoms with Crippen molar-refractivity contribution >= 4 is 5.91 Å². The molecule has 0 radical (unpaired) electrons. The van der Waals surface area contributed by atoms with Crippen LogP contribution in [0.1, 0.15) is 52.9 Å². The lowest BCUT2D eigenvalue weighted by atomic mass is 10.1. The third kappa shape index (κ3) is 6.03. The zero-order valence-corrected chi connectivity index (χ0v) is 11.2. The average Bonchev–Trinajstić information content (AvgIpc) is 2.41. The van der Waals surface area contributed by atoms with Crippen LogP contribution in [0.4, 0.5) is 0 Å². The predicted octanol–water partition coefficient (Wildman–Crippen LogP) is 1.61. The van der Waals surface area contributed by atoms with Crippen LogP contribution in [0.5, 0.6) is 0 Å². The maximum atomic E-state index is 11.7. The Morgan fingerprint density at radius 3 is 2.59 bits per heavy atom. The molecule has 0 spiro atoms. The van der Waals surface area contributed by atoms with E-state index in [2.05, 4.69) is 5.32 Å². The molecule has 0 saturated heterocycles. The van der Waals surface area contributed by atoms with Crippen molar-refractivity contribution < 1.29 is 14.6 Å². The van der Waals surface area contributed by atoms with E-state index in [1.54, 1.807) is 0 Å². The van der Waals surface area contributed by atoms with Gasteiger partial charge in [0.05, 0.1) is 17.7 Å². The number of nitrogens with one attached hydrogen (secondary N) is 1. The largest absolute Gasteiger partial charge is 0.391 e. The van der Waals surface area contributed by atoms with Crippen molar-refractivity contribution in [2.45, 2.75) is 70.6 Å². The number of aliphatic hydroxyl groups excluding tert-OH is 1. The van der Waals surface area contributed by atoms with E-state index < -0.39 is 6.10 Å². The molecule has 0 aromatic carbocycles. The van der Waals surface area contributed by atoms with E-state index in [4.69, 9.17) is 4.74 Å². The van der Waals surface area contributed by atoms with Crippen molar-refractivity contribution in [3.05, 3.63) is 0 Å². The summed E-state index contributed by atoms with van der Waals surface area (Å²) in [6, 6.07) is -0.103. The molecule has 0 heterocycles. The average molecular weight is 243 g/mol. The van der Waals surface area contributed by atoms with Crippen LogP contribution in [0.3, 0.4) is 0 Å². The molecule has 1 saturated carbocycles. The maximum absolute atomic E-state index is 11.7. The normalized spacial score (nSPS) is 26.4. The lowest BCUT2D eigenvalue weighted by Crippen LogP contribution is -2.44. The zero-order valence-electron chi connectivity index (χ0n) is 11.2. The Bertz CT molecular complexity index is 248. The lowest BCUT2D eigenvalue weighted by Gasteiger charge is -2.23. The summed E-state index contributed by atoms with van der Waals surface area (Å²) in [5, 5.41) is 12.7. The van der Waals surface area contributed by atoms with E-state index in [1.807, 2.05) is 20.8 Å². The van der Waals surface area contributed by atoms with Crippen molar-refractivity contribution in [1.82, 2.24) is 5.32 Å². The summed E-state index contributed by atoms with van der Waals surface area (Å²) in [5.74, 6) is -0.133. The molecule has 0 aromatic rings. The molecule has 2 N–H and O–H groups in total. The Labute approximate surface area is 104 Å². The second-order valence-corrected chi connectivity index (χ2v) is 5.78. The summed E-state index contributed by atoms with van der Waals surface area (Å²) >= 11 is 0. The number of ether oxygens (including phenoxy) is 1. The molecule has 0 bridgehead atoms. The van der Waals surface area contributed by atoms with Crippen LogP contribution in [0.2, 0.25) is 0 Å². The van der Waals surface area contributed by atoms with Crippen molar-refractivity contribution in [2.24, 2.45) is 0 Å². The minimum atomic E-state index is -0.406. The van der Waals surface area contributed by atoms with E-state index in [9.17, 15) is 9.90 Å². The predicted molar refractivity (Wildman–Crippen MR) is 66.7 cm³/mol. The van der Waals surface area contributed by atoms with Crippen molar-refractivity contribution in [2.75, 3.05) is 6.61 Å². The Kier molecular flexibility index (Phi) is 5.40.